The number of rotatable bonds is 8. The minimum absolute atomic E-state index is 0.0193. The fraction of sp³-hybridized carbons (Fsp3) is 0.522. The number of carbonyl (C=O) groups is 1. The summed E-state index contributed by atoms with van der Waals surface area (Å²) in [6.45, 7) is 8.26. The smallest absolute Gasteiger partial charge is 0.318 e. The summed E-state index contributed by atoms with van der Waals surface area (Å²) in [6.07, 6.45) is 2.02. The molecule has 1 N–H and O–H groups in total. The summed E-state index contributed by atoms with van der Waals surface area (Å²) in [5.74, 6) is 1.38. The molecule has 3 rings (SSSR count). The molecule has 0 saturated carbocycles. The number of amides is 2. The first-order valence-electron chi connectivity index (χ1n) is 10.5. The Morgan fingerprint density at radius 3 is 2.48 bits per heavy atom. The van der Waals surface area contributed by atoms with Gasteiger partial charge >= 0.3 is 6.03 Å². The van der Waals surface area contributed by atoms with E-state index in [0.717, 1.165) is 37.2 Å². The summed E-state index contributed by atoms with van der Waals surface area (Å²) >= 11 is 1.66. The maximum Gasteiger partial charge on any atom is 0.318 e. The maximum atomic E-state index is 13.0. The summed E-state index contributed by atoms with van der Waals surface area (Å²) in [7, 11) is 2.13. The third-order valence-corrected chi connectivity index (χ3v) is 5.90. The number of piperidine rings is 1. The third kappa shape index (κ3) is 7.05. The molecule has 1 fully saturated rings. The van der Waals surface area contributed by atoms with Gasteiger partial charge in [-0.15, -0.1) is 0 Å². The average Bonchev–Trinajstić information content (AvgIpc) is 3.22. The fourth-order valence-electron chi connectivity index (χ4n) is 3.40. The van der Waals surface area contributed by atoms with Gasteiger partial charge in [0.15, 0.2) is 0 Å². The predicted octanol–water partition coefficient (Wildman–Crippen LogP) is 4.59. The predicted molar refractivity (Wildman–Crippen MR) is 119 cm³/mol. The highest BCUT2D eigenvalue weighted by molar-refractivity contribution is 7.07. The zero-order valence-corrected chi connectivity index (χ0v) is 18.6. The van der Waals surface area contributed by atoms with Crippen LogP contribution in [0.5, 0.6) is 5.75 Å². The van der Waals surface area contributed by atoms with Crippen LogP contribution in [0.1, 0.15) is 37.8 Å². The summed E-state index contributed by atoms with van der Waals surface area (Å²) in [6, 6.07) is 10.5. The van der Waals surface area contributed by atoms with E-state index in [1.54, 1.807) is 11.3 Å². The van der Waals surface area contributed by atoms with Crippen molar-refractivity contribution in [1.82, 2.24) is 15.1 Å². The lowest BCUT2D eigenvalue weighted by Gasteiger charge is -2.32. The number of hydrogen-bond acceptors (Lipinski definition) is 4. The van der Waals surface area contributed by atoms with Crippen LogP contribution in [-0.2, 0) is 13.1 Å². The normalized spacial score (nSPS) is 15.4. The van der Waals surface area contributed by atoms with Gasteiger partial charge in [0.1, 0.15) is 5.75 Å². The highest BCUT2D eigenvalue weighted by atomic mass is 32.1. The van der Waals surface area contributed by atoms with Crippen molar-refractivity contribution >= 4 is 17.4 Å². The number of benzene rings is 1. The van der Waals surface area contributed by atoms with Gasteiger partial charge in [-0.2, -0.15) is 11.3 Å². The van der Waals surface area contributed by atoms with E-state index < -0.39 is 0 Å². The van der Waals surface area contributed by atoms with Gasteiger partial charge in [-0.25, -0.2) is 4.79 Å². The van der Waals surface area contributed by atoms with Crippen molar-refractivity contribution in [3.05, 3.63) is 52.2 Å². The molecule has 0 atom stereocenters. The molecule has 158 valence electrons. The van der Waals surface area contributed by atoms with E-state index in [1.165, 1.54) is 5.56 Å². The molecule has 1 aromatic heterocycles. The van der Waals surface area contributed by atoms with Crippen molar-refractivity contribution in [2.24, 2.45) is 5.92 Å². The van der Waals surface area contributed by atoms with Gasteiger partial charge in [0.25, 0.3) is 0 Å². The van der Waals surface area contributed by atoms with Gasteiger partial charge in [-0.05, 0) is 79.0 Å². The molecule has 2 aromatic rings. The number of hydrogen-bond donors (Lipinski definition) is 1. The zero-order valence-electron chi connectivity index (χ0n) is 17.8. The molecule has 0 radical (unpaired) electrons. The Bertz CT molecular complexity index is 738. The molecular formula is C23H33N3O2S. The van der Waals surface area contributed by atoms with E-state index in [1.807, 2.05) is 17.0 Å². The van der Waals surface area contributed by atoms with Crippen molar-refractivity contribution in [2.45, 2.75) is 45.8 Å². The van der Waals surface area contributed by atoms with Gasteiger partial charge in [0.2, 0.25) is 0 Å². The fourth-order valence-corrected chi connectivity index (χ4v) is 4.06. The number of urea groups is 1. The number of likely N-dealkylation sites (tertiary alicyclic amines) is 1. The van der Waals surface area contributed by atoms with Gasteiger partial charge in [-0.1, -0.05) is 26.0 Å². The summed E-state index contributed by atoms with van der Waals surface area (Å²) in [4.78, 5) is 17.3. The average molecular weight is 416 g/mol. The molecule has 2 heterocycles. The molecule has 0 bridgehead atoms. The minimum atomic E-state index is 0.0193. The quantitative estimate of drug-likeness (QED) is 0.686. The number of nitrogens with one attached hydrogen (secondary N) is 1. The lowest BCUT2D eigenvalue weighted by molar-refractivity contribution is 0.176. The number of carbonyl (C=O) groups excluding carboxylic acids is 1. The Morgan fingerprint density at radius 1 is 1.17 bits per heavy atom. The molecule has 1 aliphatic heterocycles. The van der Waals surface area contributed by atoms with Crippen molar-refractivity contribution in [2.75, 3.05) is 26.7 Å². The van der Waals surface area contributed by atoms with Crippen molar-refractivity contribution in [1.29, 1.82) is 0 Å². The van der Waals surface area contributed by atoms with E-state index in [4.69, 9.17) is 4.74 Å². The van der Waals surface area contributed by atoms with Crippen molar-refractivity contribution < 1.29 is 9.53 Å². The van der Waals surface area contributed by atoms with Crippen molar-refractivity contribution in [3.63, 3.8) is 0 Å². The van der Waals surface area contributed by atoms with Crippen LogP contribution in [0.15, 0.2) is 41.1 Å². The van der Waals surface area contributed by atoms with Gasteiger partial charge in [0, 0.05) is 19.1 Å². The van der Waals surface area contributed by atoms with Crippen LogP contribution < -0.4 is 10.1 Å². The first-order valence-corrected chi connectivity index (χ1v) is 11.4. The van der Waals surface area contributed by atoms with Crippen LogP contribution in [0.2, 0.25) is 0 Å². The molecule has 6 heteroatoms. The van der Waals surface area contributed by atoms with Crippen molar-refractivity contribution in [3.8, 4) is 5.75 Å². The largest absolute Gasteiger partial charge is 0.493 e. The zero-order chi connectivity index (χ0) is 20.6. The van der Waals surface area contributed by atoms with Crippen LogP contribution in [0.3, 0.4) is 0 Å². The summed E-state index contributed by atoms with van der Waals surface area (Å²) in [5.41, 5.74) is 2.28. The van der Waals surface area contributed by atoms with E-state index in [0.29, 0.717) is 25.6 Å². The van der Waals surface area contributed by atoms with E-state index in [9.17, 15) is 4.79 Å². The van der Waals surface area contributed by atoms with Gasteiger partial charge < -0.3 is 19.9 Å². The first kappa shape index (κ1) is 21.7. The first-order chi connectivity index (χ1) is 14.0. The molecule has 1 saturated heterocycles. The topological polar surface area (TPSA) is 44.8 Å². The second kappa shape index (κ2) is 10.6. The lowest BCUT2D eigenvalue weighted by Crippen LogP contribution is -2.48. The molecule has 1 aromatic carbocycles. The van der Waals surface area contributed by atoms with Gasteiger partial charge in [-0.3, -0.25) is 0 Å². The second-order valence-electron chi connectivity index (χ2n) is 8.36. The Morgan fingerprint density at radius 2 is 1.86 bits per heavy atom. The van der Waals surface area contributed by atoms with E-state index in [-0.39, 0.29) is 12.1 Å². The highest BCUT2D eigenvalue weighted by Gasteiger charge is 2.22. The standard InChI is InChI=1S/C23H33N3O2S/c1-18(2)16-28-22-6-4-19(5-7-22)14-26(15-20-10-13-29-17-20)23(27)24-21-8-11-25(3)12-9-21/h4-7,10,13,17-18,21H,8-9,11-12,14-16H2,1-3H3,(H,24,27). The lowest BCUT2D eigenvalue weighted by atomic mass is 10.1. The van der Waals surface area contributed by atoms with Crippen LogP contribution in [0, 0.1) is 5.92 Å². The Balaban J connectivity index is 1.62. The van der Waals surface area contributed by atoms with E-state index in [2.05, 4.69) is 60.1 Å². The number of nitrogens with zero attached hydrogens (tertiary/aromatic N) is 2. The Hall–Kier alpha value is -2.05. The van der Waals surface area contributed by atoms with Crippen LogP contribution in [0.4, 0.5) is 4.79 Å². The SMILES string of the molecule is CC(C)COc1ccc(CN(Cc2ccsc2)C(=O)NC2CCN(C)CC2)cc1. The van der Waals surface area contributed by atoms with Crippen LogP contribution in [-0.4, -0.2) is 48.6 Å². The Kier molecular flexibility index (Phi) is 7.95. The molecule has 5 nitrogen and oxygen atoms in total. The molecule has 2 amide bonds. The maximum absolute atomic E-state index is 13.0. The van der Waals surface area contributed by atoms with E-state index >= 15 is 0 Å². The molecule has 1 aliphatic rings. The minimum Gasteiger partial charge on any atom is -0.493 e. The van der Waals surface area contributed by atoms with Gasteiger partial charge in [0.05, 0.1) is 6.61 Å². The number of thiophene rings is 1. The summed E-state index contributed by atoms with van der Waals surface area (Å²) in [5, 5.41) is 7.42. The molecule has 29 heavy (non-hydrogen) atoms. The second-order valence-corrected chi connectivity index (χ2v) is 9.14. The van der Waals surface area contributed by atoms with Crippen LogP contribution >= 0.6 is 11.3 Å². The summed E-state index contributed by atoms with van der Waals surface area (Å²) < 4.78 is 5.77. The Labute approximate surface area is 178 Å². The molecule has 0 unspecified atom stereocenters. The third-order valence-electron chi connectivity index (χ3n) is 5.17. The monoisotopic (exact) mass is 415 g/mol. The molecule has 0 spiro atoms. The highest BCUT2D eigenvalue weighted by Crippen LogP contribution is 2.18. The number of ether oxygens (including phenoxy) is 1. The van der Waals surface area contributed by atoms with Crippen LogP contribution in [0.25, 0.3) is 0 Å². The molecular weight excluding hydrogens is 382 g/mol. The molecule has 0 aliphatic carbocycles.